The second kappa shape index (κ2) is 6.72. The predicted octanol–water partition coefficient (Wildman–Crippen LogP) is 3.52. The van der Waals surface area contributed by atoms with Gasteiger partial charge in [0.2, 0.25) is 0 Å². The number of imidazole rings is 1. The van der Waals surface area contributed by atoms with Gasteiger partial charge >= 0.3 is 6.18 Å². The SMILES string of the molecule is Cc1cc(C)n(-c2ccc(CNCc3ncc[nH]3)c(C(F)(F)F)c2)n1. The van der Waals surface area contributed by atoms with Gasteiger partial charge in [-0.15, -0.1) is 0 Å². The highest BCUT2D eigenvalue weighted by molar-refractivity contribution is 5.43. The molecule has 0 fully saturated rings. The van der Waals surface area contributed by atoms with Crippen molar-refractivity contribution in [1.82, 2.24) is 25.1 Å². The molecule has 0 aliphatic heterocycles. The van der Waals surface area contributed by atoms with Crippen LogP contribution < -0.4 is 5.32 Å². The maximum atomic E-state index is 13.5. The van der Waals surface area contributed by atoms with Crippen molar-refractivity contribution in [3.63, 3.8) is 0 Å². The summed E-state index contributed by atoms with van der Waals surface area (Å²) in [5, 5.41) is 7.23. The van der Waals surface area contributed by atoms with Gasteiger partial charge in [-0.1, -0.05) is 6.07 Å². The molecule has 0 amide bonds. The lowest BCUT2D eigenvalue weighted by molar-refractivity contribution is -0.138. The number of nitrogens with one attached hydrogen (secondary N) is 2. The van der Waals surface area contributed by atoms with Crippen molar-refractivity contribution in [3.05, 3.63) is 65.0 Å². The van der Waals surface area contributed by atoms with Crippen LogP contribution in [0.5, 0.6) is 0 Å². The molecule has 3 rings (SSSR count). The van der Waals surface area contributed by atoms with E-state index in [1.165, 1.54) is 10.7 Å². The Bertz CT molecular complexity index is 850. The van der Waals surface area contributed by atoms with Crippen LogP contribution in [0, 0.1) is 13.8 Å². The Hall–Kier alpha value is -2.61. The van der Waals surface area contributed by atoms with E-state index in [9.17, 15) is 13.2 Å². The van der Waals surface area contributed by atoms with Crippen molar-refractivity contribution in [2.24, 2.45) is 0 Å². The standard InChI is InChI=1S/C17H18F3N5/c1-11-7-12(2)25(24-11)14-4-3-13(15(8-14)17(18,19)20)9-21-10-16-22-5-6-23-16/h3-8,21H,9-10H2,1-2H3,(H,22,23). The topological polar surface area (TPSA) is 58.5 Å². The molecular formula is C17H18F3N5. The molecule has 0 saturated heterocycles. The number of alkyl halides is 3. The zero-order valence-electron chi connectivity index (χ0n) is 13.9. The molecule has 2 heterocycles. The largest absolute Gasteiger partial charge is 0.416 e. The number of rotatable bonds is 5. The van der Waals surface area contributed by atoms with E-state index in [1.54, 1.807) is 25.4 Å². The van der Waals surface area contributed by atoms with Crippen molar-refractivity contribution in [2.45, 2.75) is 33.1 Å². The minimum Gasteiger partial charge on any atom is -0.348 e. The second-order valence-corrected chi connectivity index (χ2v) is 5.82. The fourth-order valence-electron chi connectivity index (χ4n) is 2.71. The van der Waals surface area contributed by atoms with Crippen molar-refractivity contribution < 1.29 is 13.2 Å². The normalized spacial score (nSPS) is 11.9. The quantitative estimate of drug-likeness (QED) is 0.741. The first-order valence-corrected chi connectivity index (χ1v) is 7.77. The van der Waals surface area contributed by atoms with E-state index < -0.39 is 11.7 Å². The highest BCUT2D eigenvalue weighted by Crippen LogP contribution is 2.33. The molecule has 0 aliphatic carbocycles. The van der Waals surface area contributed by atoms with E-state index >= 15 is 0 Å². The molecule has 2 N–H and O–H groups in total. The zero-order valence-corrected chi connectivity index (χ0v) is 13.9. The molecule has 3 aromatic rings. The molecule has 0 unspecified atom stereocenters. The van der Waals surface area contributed by atoms with Crippen LogP contribution in [0.4, 0.5) is 13.2 Å². The number of H-pyrrole nitrogens is 1. The fourth-order valence-corrected chi connectivity index (χ4v) is 2.71. The molecule has 0 bridgehead atoms. The summed E-state index contributed by atoms with van der Waals surface area (Å²) in [5.74, 6) is 0.674. The first kappa shape index (κ1) is 17.2. The second-order valence-electron chi connectivity index (χ2n) is 5.82. The first-order valence-electron chi connectivity index (χ1n) is 7.77. The van der Waals surface area contributed by atoms with Crippen molar-refractivity contribution >= 4 is 0 Å². The van der Waals surface area contributed by atoms with Crippen molar-refractivity contribution in [2.75, 3.05) is 0 Å². The molecule has 132 valence electrons. The average Bonchev–Trinajstić information content (AvgIpc) is 3.16. The number of benzene rings is 1. The third kappa shape index (κ3) is 3.90. The molecule has 1 aromatic carbocycles. The maximum Gasteiger partial charge on any atom is 0.416 e. The van der Waals surface area contributed by atoms with Crippen molar-refractivity contribution in [1.29, 1.82) is 0 Å². The summed E-state index contributed by atoms with van der Waals surface area (Å²) in [6, 6.07) is 6.11. The molecule has 2 aromatic heterocycles. The molecule has 0 atom stereocenters. The van der Waals surface area contributed by atoms with Crippen LogP contribution in [-0.4, -0.2) is 19.7 Å². The van der Waals surface area contributed by atoms with Crippen molar-refractivity contribution in [3.8, 4) is 5.69 Å². The lowest BCUT2D eigenvalue weighted by Crippen LogP contribution is -2.18. The van der Waals surface area contributed by atoms with E-state index in [1.807, 2.05) is 13.0 Å². The minimum atomic E-state index is -4.44. The number of halogens is 3. The zero-order chi connectivity index (χ0) is 18.0. The summed E-state index contributed by atoms with van der Waals surface area (Å²) in [4.78, 5) is 6.93. The van der Waals surface area contributed by atoms with E-state index in [0.29, 0.717) is 18.1 Å². The summed E-state index contributed by atoms with van der Waals surface area (Å²) in [5.41, 5.74) is 1.46. The summed E-state index contributed by atoms with van der Waals surface area (Å²) < 4.78 is 41.9. The molecule has 8 heteroatoms. The summed E-state index contributed by atoms with van der Waals surface area (Å²) in [7, 11) is 0. The molecule has 0 aliphatic rings. The van der Waals surface area contributed by atoms with Gasteiger partial charge in [-0.25, -0.2) is 9.67 Å². The van der Waals surface area contributed by atoms with Crippen LogP contribution in [0.3, 0.4) is 0 Å². The van der Waals surface area contributed by atoms with Crippen LogP contribution >= 0.6 is 0 Å². The van der Waals surface area contributed by atoms with Gasteiger partial charge in [0, 0.05) is 24.6 Å². The van der Waals surface area contributed by atoms with E-state index in [-0.39, 0.29) is 12.1 Å². The number of hydrogen-bond acceptors (Lipinski definition) is 3. The van der Waals surface area contributed by atoms with Crippen LogP contribution in [0.1, 0.15) is 28.3 Å². The van der Waals surface area contributed by atoms with Crippen LogP contribution in [0.25, 0.3) is 5.69 Å². The molecule has 0 radical (unpaired) electrons. The summed E-state index contributed by atoms with van der Waals surface area (Å²) in [6.45, 7) is 4.07. The van der Waals surface area contributed by atoms with Crippen LogP contribution in [0.2, 0.25) is 0 Å². The fraction of sp³-hybridized carbons (Fsp3) is 0.294. The van der Waals surface area contributed by atoms with Gasteiger partial charge in [-0.05, 0) is 37.6 Å². The summed E-state index contributed by atoms with van der Waals surface area (Å²) in [6.07, 6.45) is -1.17. The Labute approximate surface area is 142 Å². The Morgan fingerprint density at radius 3 is 2.56 bits per heavy atom. The van der Waals surface area contributed by atoms with E-state index in [2.05, 4.69) is 20.4 Å². The molecule has 5 nitrogen and oxygen atoms in total. The summed E-state index contributed by atoms with van der Waals surface area (Å²) >= 11 is 0. The Balaban J connectivity index is 1.86. The highest BCUT2D eigenvalue weighted by atomic mass is 19.4. The van der Waals surface area contributed by atoms with Gasteiger partial charge in [0.1, 0.15) is 5.82 Å². The predicted molar refractivity (Wildman–Crippen MR) is 87.2 cm³/mol. The molecule has 0 spiro atoms. The number of hydrogen-bond donors (Lipinski definition) is 2. The first-order chi connectivity index (χ1) is 11.8. The van der Waals surface area contributed by atoms with Crippen LogP contribution in [0.15, 0.2) is 36.7 Å². The highest BCUT2D eigenvalue weighted by Gasteiger charge is 2.33. The van der Waals surface area contributed by atoms with Crippen LogP contribution in [-0.2, 0) is 19.3 Å². The van der Waals surface area contributed by atoms with Gasteiger partial charge in [0.05, 0.1) is 23.5 Å². The third-order valence-corrected chi connectivity index (χ3v) is 3.82. The van der Waals surface area contributed by atoms with Gasteiger partial charge in [-0.3, -0.25) is 0 Å². The Kier molecular flexibility index (Phi) is 4.63. The Morgan fingerprint density at radius 1 is 1.16 bits per heavy atom. The van der Waals surface area contributed by atoms with Gasteiger partial charge < -0.3 is 10.3 Å². The smallest absolute Gasteiger partial charge is 0.348 e. The molecular weight excluding hydrogens is 331 g/mol. The number of aromatic amines is 1. The number of nitrogens with zero attached hydrogens (tertiary/aromatic N) is 3. The average molecular weight is 349 g/mol. The van der Waals surface area contributed by atoms with Gasteiger partial charge in [0.25, 0.3) is 0 Å². The molecule has 25 heavy (non-hydrogen) atoms. The minimum absolute atomic E-state index is 0.0902. The number of aromatic nitrogens is 4. The van der Waals surface area contributed by atoms with E-state index in [4.69, 9.17) is 0 Å². The third-order valence-electron chi connectivity index (χ3n) is 3.82. The Morgan fingerprint density at radius 2 is 1.96 bits per heavy atom. The lowest BCUT2D eigenvalue weighted by Gasteiger charge is -2.15. The van der Waals surface area contributed by atoms with Gasteiger partial charge in [0.15, 0.2) is 0 Å². The molecule has 0 saturated carbocycles. The monoisotopic (exact) mass is 349 g/mol. The number of aryl methyl sites for hydroxylation is 2. The maximum absolute atomic E-state index is 13.5. The van der Waals surface area contributed by atoms with E-state index in [0.717, 1.165) is 17.5 Å². The van der Waals surface area contributed by atoms with Gasteiger partial charge in [-0.2, -0.15) is 18.3 Å². The lowest BCUT2D eigenvalue weighted by atomic mass is 10.1.